The highest BCUT2D eigenvalue weighted by Gasteiger charge is 2.37. The van der Waals surface area contributed by atoms with E-state index in [-0.39, 0.29) is 35.7 Å². The Hall–Kier alpha value is -4.36. The Balaban J connectivity index is 1.12. The number of hydrogen-bond acceptors (Lipinski definition) is 2. The van der Waals surface area contributed by atoms with E-state index in [4.69, 9.17) is 0 Å². The zero-order chi connectivity index (χ0) is 39.7. The Morgan fingerprint density at radius 1 is 0.446 bits per heavy atom. The minimum absolute atomic E-state index is 0.0203. The number of nitrogens with one attached hydrogen (secondary N) is 2. The van der Waals surface area contributed by atoms with Gasteiger partial charge in [0.2, 0.25) is 11.8 Å². The van der Waals surface area contributed by atoms with Crippen molar-refractivity contribution in [3.05, 3.63) is 164 Å². The maximum absolute atomic E-state index is 14.5. The molecule has 0 saturated heterocycles. The first-order chi connectivity index (χ1) is 26.8. The van der Waals surface area contributed by atoms with E-state index in [1.54, 1.807) is 0 Å². The van der Waals surface area contributed by atoms with E-state index in [1.807, 2.05) is 0 Å². The van der Waals surface area contributed by atoms with E-state index >= 15 is 0 Å². The summed E-state index contributed by atoms with van der Waals surface area (Å²) in [5.41, 5.74) is 9.86. The van der Waals surface area contributed by atoms with Crippen molar-refractivity contribution in [2.24, 2.45) is 11.8 Å². The Morgan fingerprint density at radius 2 is 0.714 bits per heavy atom. The van der Waals surface area contributed by atoms with E-state index in [9.17, 15) is 9.59 Å². The summed E-state index contributed by atoms with van der Waals surface area (Å²) in [5.74, 6) is -0.696. The molecule has 4 aromatic rings. The van der Waals surface area contributed by atoms with Gasteiger partial charge < -0.3 is 10.6 Å². The van der Waals surface area contributed by atoms with Gasteiger partial charge in [-0.25, -0.2) is 0 Å². The number of carbonyl (C=O) groups is 2. The van der Waals surface area contributed by atoms with Gasteiger partial charge >= 0.3 is 0 Å². The molecule has 3 aliphatic carbocycles. The molecule has 56 heavy (non-hydrogen) atoms. The van der Waals surface area contributed by atoms with Crippen LogP contribution < -0.4 is 31.9 Å². The van der Waals surface area contributed by atoms with Crippen LogP contribution in [0.3, 0.4) is 0 Å². The molecule has 6 heteroatoms. The van der Waals surface area contributed by atoms with Crippen LogP contribution in [0, 0.1) is 67.2 Å². The molecule has 2 amide bonds. The lowest BCUT2D eigenvalue weighted by atomic mass is 9.89. The third-order valence-corrected chi connectivity index (χ3v) is 16.1. The van der Waals surface area contributed by atoms with Gasteiger partial charge in [-0.15, -0.1) is 0 Å². The molecule has 0 spiro atoms. The molecule has 3 aliphatic rings. The van der Waals surface area contributed by atoms with Gasteiger partial charge in [0.25, 0.3) is 0 Å². The van der Waals surface area contributed by atoms with Crippen molar-refractivity contribution in [1.29, 1.82) is 0 Å². The number of carbonyl (C=O) groups excluding carboxylic acids is 2. The van der Waals surface area contributed by atoms with Crippen molar-refractivity contribution in [2.75, 3.05) is 0 Å². The number of aryl methyl sites for hydroxylation is 8. The number of benzene rings is 4. The highest BCUT2D eigenvalue weighted by atomic mass is 31.1. The summed E-state index contributed by atoms with van der Waals surface area (Å²) < 4.78 is 0. The first-order valence-electron chi connectivity index (χ1n) is 20.1. The summed E-state index contributed by atoms with van der Waals surface area (Å²) in [6.45, 7) is 17.2. The Bertz CT molecular complexity index is 1950. The van der Waals surface area contributed by atoms with E-state index in [0.717, 1.165) is 36.3 Å². The maximum Gasteiger partial charge on any atom is 0.231 e. The average molecular weight is 779 g/mol. The van der Waals surface area contributed by atoms with Crippen LogP contribution >= 0.6 is 15.8 Å². The van der Waals surface area contributed by atoms with E-state index in [2.05, 4.69) is 175 Å². The Kier molecular flexibility index (Phi) is 12.1. The number of rotatable bonds is 10. The van der Waals surface area contributed by atoms with Gasteiger partial charge in [-0.1, -0.05) is 167 Å². The van der Waals surface area contributed by atoms with Crippen LogP contribution in [0.15, 0.2) is 120 Å². The number of allylic oxidation sites excluding steroid dienone is 4. The molecule has 4 aromatic carbocycles. The van der Waals surface area contributed by atoms with Gasteiger partial charge in [0.05, 0.1) is 11.8 Å². The predicted molar refractivity (Wildman–Crippen MR) is 240 cm³/mol. The summed E-state index contributed by atoms with van der Waals surface area (Å²) in [4.78, 5) is 29.0. The molecule has 0 bridgehead atoms. The van der Waals surface area contributed by atoms with Gasteiger partial charge in [-0.2, -0.15) is 0 Å². The summed E-state index contributed by atoms with van der Waals surface area (Å²) in [7, 11) is -1.89. The van der Waals surface area contributed by atoms with Gasteiger partial charge in [-0.05, 0) is 116 Å². The largest absolute Gasteiger partial charge is 0.351 e. The fourth-order valence-corrected chi connectivity index (χ4v) is 14.9. The summed E-state index contributed by atoms with van der Waals surface area (Å²) >= 11 is 0. The molecule has 7 rings (SSSR count). The molecule has 4 atom stereocenters. The fourth-order valence-electron chi connectivity index (χ4n) is 9.04. The third kappa shape index (κ3) is 8.94. The van der Waals surface area contributed by atoms with Crippen LogP contribution in [0.1, 0.15) is 70.2 Å². The second kappa shape index (κ2) is 17.0. The lowest BCUT2D eigenvalue weighted by Crippen LogP contribution is -2.55. The maximum atomic E-state index is 14.5. The number of hydrogen-bond donors (Lipinski definition) is 2. The minimum atomic E-state index is -0.946. The van der Waals surface area contributed by atoms with Crippen molar-refractivity contribution in [2.45, 2.75) is 93.2 Å². The van der Waals surface area contributed by atoms with Crippen molar-refractivity contribution < 1.29 is 9.59 Å². The second-order valence-electron chi connectivity index (χ2n) is 16.5. The molecule has 0 heterocycles. The molecule has 0 aromatic heterocycles. The molecule has 0 radical (unpaired) electrons. The highest BCUT2D eigenvalue weighted by Crippen LogP contribution is 2.51. The second-order valence-corrected chi connectivity index (χ2v) is 20.9. The number of amides is 2. The van der Waals surface area contributed by atoms with Gasteiger partial charge in [-0.3, -0.25) is 9.59 Å². The smallest absolute Gasteiger partial charge is 0.231 e. The Morgan fingerprint density at radius 3 is 0.982 bits per heavy atom. The zero-order valence-electron chi connectivity index (χ0n) is 34.2. The molecule has 0 aliphatic heterocycles. The minimum Gasteiger partial charge on any atom is -0.351 e. The topological polar surface area (TPSA) is 58.2 Å². The first-order valence-corrected chi connectivity index (χ1v) is 22.8. The van der Waals surface area contributed by atoms with E-state index in [0.29, 0.717) is 0 Å². The molecular weight excluding hydrogens is 723 g/mol. The normalized spacial score (nSPS) is 20.4. The van der Waals surface area contributed by atoms with Crippen molar-refractivity contribution in [1.82, 2.24) is 10.6 Å². The summed E-state index contributed by atoms with van der Waals surface area (Å²) in [5, 5.41) is 14.4. The van der Waals surface area contributed by atoms with Crippen LogP contribution in [0.5, 0.6) is 0 Å². The molecule has 4 nitrogen and oxygen atoms in total. The summed E-state index contributed by atoms with van der Waals surface area (Å²) in [6, 6.07) is 27.0. The lowest BCUT2D eigenvalue weighted by molar-refractivity contribution is -0.126. The van der Waals surface area contributed by atoms with E-state index < -0.39 is 15.8 Å². The van der Waals surface area contributed by atoms with Crippen LogP contribution in [-0.4, -0.2) is 23.9 Å². The van der Waals surface area contributed by atoms with Crippen LogP contribution in [0.25, 0.3) is 0 Å². The zero-order valence-corrected chi connectivity index (χ0v) is 36.0. The SMILES string of the molecule is Cc1cc(C)cc(P(C2=CC=CC2C(=O)N[C@@H]2CCCC[C@H]2NC(=O)C2C=CC=C2P(c2cc(C)cc(C)c2)c2cc(C)cc(C)c2)c2cc(C)cc(C)c2)c1. The highest BCUT2D eigenvalue weighted by molar-refractivity contribution is 7.77. The van der Waals surface area contributed by atoms with Gasteiger partial charge in [0, 0.05) is 12.1 Å². The molecule has 1 fully saturated rings. The van der Waals surface area contributed by atoms with Crippen molar-refractivity contribution >= 4 is 48.9 Å². The third-order valence-electron chi connectivity index (χ3n) is 11.1. The standard InChI is InChI=1S/C50H56N2O2P2/c1-31-19-32(2)24-39(23-31)55(40-25-33(3)20-34(4)26-40)47-17-11-13-43(47)49(53)51-45-15-9-10-16-46(45)52-50(54)44-14-12-18-48(44)56(41-27-35(5)21-36(6)28-41)42-29-37(7)22-38(8)30-42/h11-14,17-30,43-46H,9-10,15-16H2,1-8H3,(H,51,53)(H,52,54)/t43?,44?,45-,46-/m1/s1. The average Bonchev–Trinajstić information content (AvgIpc) is 3.79. The Labute approximate surface area is 337 Å². The quantitative estimate of drug-likeness (QED) is 0.158. The predicted octanol–water partition coefficient (Wildman–Crippen LogP) is 9.40. The monoisotopic (exact) mass is 778 g/mol. The van der Waals surface area contributed by atoms with Crippen molar-refractivity contribution in [3.8, 4) is 0 Å². The summed E-state index contributed by atoms with van der Waals surface area (Å²) in [6.07, 6.45) is 16.3. The van der Waals surface area contributed by atoms with Gasteiger partial charge in [0.1, 0.15) is 0 Å². The lowest BCUT2D eigenvalue weighted by Gasteiger charge is -2.35. The van der Waals surface area contributed by atoms with Crippen molar-refractivity contribution in [3.63, 3.8) is 0 Å². The fraction of sp³-hybridized carbons (Fsp3) is 0.320. The van der Waals surface area contributed by atoms with Crippen LogP contribution in [0.2, 0.25) is 0 Å². The molecular formula is C50H56N2O2P2. The molecule has 288 valence electrons. The molecule has 1 saturated carbocycles. The first kappa shape index (κ1) is 39.9. The molecule has 2 N–H and O–H groups in total. The van der Waals surface area contributed by atoms with E-state index in [1.165, 1.54) is 65.7 Å². The van der Waals surface area contributed by atoms with Crippen LogP contribution in [-0.2, 0) is 9.59 Å². The van der Waals surface area contributed by atoms with Gasteiger partial charge in [0.15, 0.2) is 0 Å². The molecule has 2 unspecified atom stereocenters. The van der Waals surface area contributed by atoms with Crippen LogP contribution in [0.4, 0.5) is 0 Å².